The van der Waals surface area contributed by atoms with Crippen molar-refractivity contribution < 1.29 is 14.2 Å². The molecule has 1 aromatic carbocycles. The zero-order valence-corrected chi connectivity index (χ0v) is 14.7. The van der Waals surface area contributed by atoms with E-state index in [0.717, 1.165) is 24.8 Å². The molecule has 4 heteroatoms. The first-order valence-electron chi connectivity index (χ1n) is 7.52. The van der Waals surface area contributed by atoms with Crippen molar-refractivity contribution in [1.82, 2.24) is 0 Å². The molecule has 0 saturated carbocycles. The summed E-state index contributed by atoms with van der Waals surface area (Å²) in [5, 5.41) is 1.01. The zero-order chi connectivity index (χ0) is 15.3. The standard InChI is InChI=1S/C17H27BrO3/c1-15-4-3-5-16(12-15)13-17(14-18)6-7-20-10-11-21-9-8-19-2/h3-5,12,17H,6-11,13-14H2,1-2H3. The summed E-state index contributed by atoms with van der Waals surface area (Å²) in [6.45, 7) is 5.50. The van der Waals surface area contributed by atoms with Crippen LogP contribution in [0, 0.1) is 12.8 Å². The van der Waals surface area contributed by atoms with Crippen LogP contribution >= 0.6 is 15.9 Å². The Balaban J connectivity index is 2.11. The van der Waals surface area contributed by atoms with Crippen LogP contribution in [0.4, 0.5) is 0 Å². The topological polar surface area (TPSA) is 27.7 Å². The molecule has 0 radical (unpaired) electrons. The van der Waals surface area contributed by atoms with Crippen molar-refractivity contribution in [1.29, 1.82) is 0 Å². The molecule has 0 amide bonds. The molecule has 0 spiro atoms. The van der Waals surface area contributed by atoms with Gasteiger partial charge in [0.05, 0.1) is 26.4 Å². The molecule has 1 rings (SSSR count). The van der Waals surface area contributed by atoms with E-state index < -0.39 is 0 Å². The highest BCUT2D eigenvalue weighted by atomic mass is 79.9. The number of benzene rings is 1. The van der Waals surface area contributed by atoms with Crippen molar-refractivity contribution in [2.24, 2.45) is 5.92 Å². The third-order valence-corrected chi connectivity index (χ3v) is 4.21. The van der Waals surface area contributed by atoms with Gasteiger partial charge in [0.1, 0.15) is 0 Å². The van der Waals surface area contributed by atoms with Gasteiger partial charge in [-0.3, -0.25) is 0 Å². The third-order valence-electron chi connectivity index (χ3n) is 3.30. The molecule has 0 N–H and O–H groups in total. The molecule has 21 heavy (non-hydrogen) atoms. The van der Waals surface area contributed by atoms with Gasteiger partial charge < -0.3 is 14.2 Å². The van der Waals surface area contributed by atoms with Crippen molar-refractivity contribution >= 4 is 15.9 Å². The number of ether oxygens (including phenoxy) is 3. The van der Waals surface area contributed by atoms with Gasteiger partial charge in [-0.2, -0.15) is 0 Å². The number of alkyl halides is 1. The Bertz CT molecular complexity index is 371. The van der Waals surface area contributed by atoms with Gasteiger partial charge in [0.2, 0.25) is 0 Å². The molecule has 120 valence electrons. The van der Waals surface area contributed by atoms with E-state index in [1.54, 1.807) is 7.11 Å². The Kier molecular flexibility index (Phi) is 10.8. The molecule has 3 nitrogen and oxygen atoms in total. The summed E-state index contributed by atoms with van der Waals surface area (Å²) in [5.41, 5.74) is 2.73. The molecule has 0 aromatic heterocycles. The Morgan fingerprint density at radius 3 is 2.43 bits per heavy atom. The predicted molar refractivity (Wildman–Crippen MR) is 90.3 cm³/mol. The van der Waals surface area contributed by atoms with E-state index in [0.29, 0.717) is 32.3 Å². The van der Waals surface area contributed by atoms with Crippen LogP contribution in [0.15, 0.2) is 24.3 Å². The highest BCUT2D eigenvalue weighted by molar-refractivity contribution is 9.09. The summed E-state index contributed by atoms with van der Waals surface area (Å²) in [6, 6.07) is 8.73. The van der Waals surface area contributed by atoms with Crippen molar-refractivity contribution in [3.8, 4) is 0 Å². The number of hydrogen-bond donors (Lipinski definition) is 0. The van der Waals surface area contributed by atoms with Crippen molar-refractivity contribution in [3.63, 3.8) is 0 Å². The van der Waals surface area contributed by atoms with E-state index in [2.05, 4.69) is 47.1 Å². The first kappa shape index (κ1) is 18.6. The maximum atomic E-state index is 5.62. The van der Waals surface area contributed by atoms with Crippen molar-refractivity contribution in [3.05, 3.63) is 35.4 Å². The minimum Gasteiger partial charge on any atom is -0.382 e. The Morgan fingerprint density at radius 1 is 1.05 bits per heavy atom. The Hall–Kier alpha value is -0.420. The van der Waals surface area contributed by atoms with Gasteiger partial charge in [0.15, 0.2) is 0 Å². The summed E-state index contributed by atoms with van der Waals surface area (Å²) < 4.78 is 15.9. The first-order valence-corrected chi connectivity index (χ1v) is 8.64. The number of halogens is 1. The van der Waals surface area contributed by atoms with Crippen LogP contribution in [0.5, 0.6) is 0 Å². The molecule has 0 saturated heterocycles. The lowest BCUT2D eigenvalue weighted by Gasteiger charge is -2.14. The Labute approximate surface area is 137 Å². The molecule has 1 atom stereocenters. The van der Waals surface area contributed by atoms with Crippen LogP contribution in [0.2, 0.25) is 0 Å². The normalized spacial score (nSPS) is 12.5. The molecule has 0 aliphatic heterocycles. The van der Waals surface area contributed by atoms with Crippen LogP contribution in [0.3, 0.4) is 0 Å². The molecule has 0 aliphatic rings. The van der Waals surface area contributed by atoms with E-state index in [4.69, 9.17) is 14.2 Å². The quantitative estimate of drug-likeness (QED) is 0.421. The monoisotopic (exact) mass is 358 g/mol. The van der Waals surface area contributed by atoms with Gasteiger partial charge in [0, 0.05) is 19.0 Å². The fourth-order valence-electron chi connectivity index (χ4n) is 2.12. The lowest BCUT2D eigenvalue weighted by atomic mass is 9.97. The van der Waals surface area contributed by atoms with Crippen LogP contribution in [-0.4, -0.2) is 45.5 Å². The third kappa shape index (κ3) is 9.25. The zero-order valence-electron chi connectivity index (χ0n) is 13.1. The molecular formula is C17H27BrO3. The van der Waals surface area contributed by atoms with Gasteiger partial charge in [-0.15, -0.1) is 0 Å². The van der Waals surface area contributed by atoms with Crippen molar-refractivity contribution in [2.45, 2.75) is 19.8 Å². The number of methoxy groups -OCH3 is 1. The molecule has 1 aromatic rings. The molecule has 0 fully saturated rings. The summed E-state index contributed by atoms with van der Waals surface area (Å²) in [7, 11) is 1.68. The largest absolute Gasteiger partial charge is 0.382 e. The minimum atomic E-state index is 0.612. The van der Waals surface area contributed by atoms with E-state index in [-0.39, 0.29) is 0 Å². The number of rotatable bonds is 12. The SMILES string of the molecule is COCCOCCOCCC(CBr)Cc1cccc(C)c1. The van der Waals surface area contributed by atoms with Gasteiger partial charge in [0.25, 0.3) is 0 Å². The van der Waals surface area contributed by atoms with E-state index in [9.17, 15) is 0 Å². The molecule has 0 heterocycles. The molecule has 0 aliphatic carbocycles. The van der Waals surface area contributed by atoms with Gasteiger partial charge in [-0.05, 0) is 31.2 Å². The Morgan fingerprint density at radius 2 is 1.76 bits per heavy atom. The first-order chi connectivity index (χ1) is 10.3. The van der Waals surface area contributed by atoms with Crippen LogP contribution in [0.1, 0.15) is 17.5 Å². The maximum Gasteiger partial charge on any atom is 0.0701 e. The highest BCUT2D eigenvalue weighted by Gasteiger charge is 2.08. The number of hydrogen-bond acceptors (Lipinski definition) is 3. The molecule has 0 bridgehead atoms. The van der Waals surface area contributed by atoms with Gasteiger partial charge in [-0.25, -0.2) is 0 Å². The van der Waals surface area contributed by atoms with Crippen LogP contribution in [-0.2, 0) is 20.6 Å². The van der Waals surface area contributed by atoms with Crippen molar-refractivity contribution in [2.75, 3.05) is 45.5 Å². The van der Waals surface area contributed by atoms with Gasteiger partial charge >= 0.3 is 0 Å². The average Bonchev–Trinajstić information content (AvgIpc) is 2.48. The lowest BCUT2D eigenvalue weighted by molar-refractivity contribution is 0.0223. The maximum absolute atomic E-state index is 5.62. The predicted octanol–water partition coefficient (Wildman–Crippen LogP) is 3.62. The van der Waals surface area contributed by atoms with Crippen LogP contribution in [0.25, 0.3) is 0 Å². The van der Waals surface area contributed by atoms with Gasteiger partial charge in [-0.1, -0.05) is 45.8 Å². The second-order valence-corrected chi connectivity index (χ2v) is 5.87. The fraction of sp³-hybridized carbons (Fsp3) is 0.647. The van der Waals surface area contributed by atoms with E-state index in [1.807, 2.05) is 0 Å². The summed E-state index contributed by atoms with van der Waals surface area (Å²) >= 11 is 3.61. The summed E-state index contributed by atoms with van der Waals surface area (Å²) in [4.78, 5) is 0. The molecular weight excluding hydrogens is 332 g/mol. The lowest BCUT2D eigenvalue weighted by Crippen LogP contribution is -2.13. The smallest absolute Gasteiger partial charge is 0.0701 e. The minimum absolute atomic E-state index is 0.612. The average molecular weight is 359 g/mol. The van der Waals surface area contributed by atoms with E-state index in [1.165, 1.54) is 11.1 Å². The summed E-state index contributed by atoms with van der Waals surface area (Å²) in [6.07, 6.45) is 2.16. The second kappa shape index (κ2) is 12.2. The van der Waals surface area contributed by atoms with Crippen LogP contribution < -0.4 is 0 Å². The fourth-order valence-corrected chi connectivity index (χ4v) is 2.67. The summed E-state index contributed by atoms with van der Waals surface area (Å²) in [5.74, 6) is 0.612. The number of aryl methyl sites for hydroxylation is 1. The van der Waals surface area contributed by atoms with E-state index >= 15 is 0 Å². The highest BCUT2D eigenvalue weighted by Crippen LogP contribution is 2.16. The molecule has 1 unspecified atom stereocenters. The second-order valence-electron chi connectivity index (χ2n) is 5.22.